The molecule has 2 aromatic rings. The average molecular weight is 271 g/mol. The SMILES string of the molecule is COc1cccc(CCC(=O)OCc2cccnc2)c1. The topological polar surface area (TPSA) is 48.4 Å². The lowest BCUT2D eigenvalue weighted by Gasteiger charge is -2.06. The Morgan fingerprint density at radius 2 is 2.05 bits per heavy atom. The second-order valence-corrected chi connectivity index (χ2v) is 4.37. The van der Waals surface area contributed by atoms with E-state index in [1.807, 2.05) is 36.4 Å². The molecule has 0 fully saturated rings. The largest absolute Gasteiger partial charge is 0.497 e. The van der Waals surface area contributed by atoms with Gasteiger partial charge in [0.25, 0.3) is 0 Å². The van der Waals surface area contributed by atoms with E-state index in [9.17, 15) is 4.79 Å². The first kappa shape index (κ1) is 14.1. The number of carbonyl (C=O) groups excluding carboxylic acids is 1. The van der Waals surface area contributed by atoms with Gasteiger partial charge in [-0.05, 0) is 30.2 Å². The van der Waals surface area contributed by atoms with Crippen molar-refractivity contribution in [1.82, 2.24) is 4.98 Å². The zero-order valence-corrected chi connectivity index (χ0v) is 11.4. The molecule has 0 aliphatic carbocycles. The van der Waals surface area contributed by atoms with Crippen molar-refractivity contribution in [2.75, 3.05) is 7.11 Å². The summed E-state index contributed by atoms with van der Waals surface area (Å²) in [6.45, 7) is 0.269. The number of benzene rings is 1. The average Bonchev–Trinajstić information content (AvgIpc) is 2.52. The predicted octanol–water partition coefficient (Wildman–Crippen LogP) is 2.77. The van der Waals surface area contributed by atoms with Gasteiger partial charge >= 0.3 is 5.97 Å². The van der Waals surface area contributed by atoms with Gasteiger partial charge in [0, 0.05) is 24.4 Å². The zero-order valence-electron chi connectivity index (χ0n) is 11.4. The lowest BCUT2D eigenvalue weighted by molar-refractivity contribution is -0.144. The van der Waals surface area contributed by atoms with Crippen LogP contribution < -0.4 is 4.74 Å². The van der Waals surface area contributed by atoms with Crippen LogP contribution in [0.4, 0.5) is 0 Å². The molecule has 0 aliphatic heterocycles. The van der Waals surface area contributed by atoms with Gasteiger partial charge in [-0.3, -0.25) is 9.78 Å². The van der Waals surface area contributed by atoms with Crippen molar-refractivity contribution in [2.45, 2.75) is 19.4 Å². The van der Waals surface area contributed by atoms with Gasteiger partial charge in [0.2, 0.25) is 0 Å². The Morgan fingerprint density at radius 1 is 1.20 bits per heavy atom. The molecule has 0 unspecified atom stereocenters. The molecule has 0 aliphatic rings. The van der Waals surface area contributed by atoms with Crippen molar-refractivity contribution in [3.05, 3.63) is 59.9 Å². The quantitative estimate of drug-likeness (QED) is 0.758. The van der Waals surface area contributed by atoms with Crippen molar-refractivity contribution in [2.24, 2.45) is 0 Å². The van der Waals surface area contributed by atoms with E-state index in [2.05, 4.69) is 4.98 Å². The number of methoxy groups -OCH3 is 1. The number of aromatic nitrogens is 1. The van der Waals surface area contributed by atoms with Gasteiger partial charge in [-0.1, -0.05) is 18.2 Å². The highest BCUT2D eigenvalue weighted by atomic mass is 16.5. The van der Waals surface area contributed by atoms with Crippen molar-refractivity contribution < 1.29 is 14.3 Å². The summed E-state index contributed by atoms with van der Waals surface area (Å²) in [5.41, 5.74) is 1.95. The third kappa shape index (κ3) is 4.39. The number of carbonyl (C=O) groups is 1. The van der Waals surface area contributed by atoms with Crippen molar-refractivity contribution in [3.8, 4) is 5.75 Å². The fraction of sp³-hybridized carbons (Fsp3) is 0.250. The number of rotatable bonds is 6. The fourth-order valence-electron chi connectivity index (χ4n) is 1.79. The Bertz CT molecular complexity index is 555. The minimum Gasteiger partial charge on any atom is -0.497 e. The number of ether oxygens (including phenoxy) is 2. The fourth-order valence-corrected chi connectivity index (χ4v) is 1.79. The van der Waals surface area contributed by atoms with Crippen LogP contribution in [0.15, 0.2) is 48.8 Å². The molecule has 0 amide bonds. The maximum absolute atomic E-state index is 11.7. The lowest BCUT2D eigenvalue weighted by atomic mass is 10.1. The van der Waals surface area contributed by atoms with E-state index in [1.54, 1.807) is 19.5 Å². The van der Waals surface area contributed by atoms with Crippen LogP contribution in [0.3, 0.4) is 0 Å². The highest BCUT2D eigenvalue weighted by Gasteiger charge is 2.05. The third-order valence-corrected chi connectivity index (χ3v) is 2.87. The smallest absolute Gasteiger partial charge is 0.306 e. The van der Waals surface area contributed by atoms with Crippen molar-refractivity contribution in [1.29, 1.82) is 0 Å². The number of hydrogen-bond acceptors (Lipinski definition) is 4. The van der Waals surface area contributed by atoms with E-state index in [1.165, 1.54) is 0 Å². The maximum atomic E-state index is 11.7. The van der Waals surface area contributed by atoms with E-state index < -0.39 is 0 Å². The molecular weight excluding hydrogens is 254 g/mol. The Hall–Kier alpha value is -2.36. The van der Waals surface area contributed by atoms with Gasteiger partial charge in [-0.25, -0.2) is 0 Å². The summed E-state index contributed by atoms with van der Waals surface area (Å²) in [6, 6.07) is 11.4. The normalized spacial score (nSPS) is 10.1. The third-order valence-electron chi connectivity index (χ3n) is 2.87. The molecule has 4 heteroatoms. The van der Waals surface area contributed by atoms with Gasteiger partial charge in [-0.15, -0.1) is 0 Å². The first-order chi connectivity index (χ1) is 9.78. The molecule has 1 heterocycles. The first-order valence-electron chi connectivity index (χ1n) is 6.45. The summed E-state index contributed by atoms with van der Waals surface area (Å²) < 4.78 is 10.3. The number of hydrogen-bond donors (Lipinski definition) is 0. The second-order valence-electron chi connectivity index (χ2n) is 4.37. The van der Waals surface area contributed by atoms with Crippen molar-refractivity contribution in [3.63, 3.8) is 0 Å². The highest BCUT2D eigenvalue weighted by molar-refractivity contribution is 5.69. The molecule has 0 radical (unpaired) electrons. The van der Waals surface area contributed by atoms with Gasteiger partial charge in [0.1, 0.15) is 12.4 Å². The number of pyridine rings is 1. The Kier molecular flexibility index (Phi) is 5.12. The van der Waals surface area contributed by atoms with Gasteiger partial charge in [0.15, 0.2) is 0 Å². The maximum Gasteiger partial charge on any atom is 0.306 e. The summed E-state index contributed by atoms with van der Waals surface area (Å²) in [6.07, 6.45) is 4.37. The molecule has 0 saturated carbocycles. The van der Waals surface area contributed by atoms with Gasteiger partial charge < -0.3 is 9.47 Å². The monoisotopic (exact) mass is 271 g/mol. The summed E-state index contributed by atoms with van der Waals surface area (Å²) in [5, 5.41) is 0. The van der Waals surface area contributed by atoms with Crippen LogP contribution >= 0.6 is 0 Å². The molecule has 0 atom stereocenters. The molecular formula is C16H17NO3. The molecule has 1 aromatic carbocycles. The standard InChI is InChI=1S/C16H17NO3/c1-19-15-6-2-4-13(10-15)7-8-16(18)20-12-14-5-3-9-17-11-14/h2-6,9-11H,7-8,12H2,1H3. The number of esters is 1. The molecule has 4 nitrogen and oxygen atoms in total. The van der Waals surface area contributed by atoms with Crippen LogP contribution in [0.2, 0.25) is 0 Å². The minimum absolute atomic E-state index is 0.211. The Balaban J connectivity index is 1.77. The molecule has 1 aromatic heterocycles. The molecule has 0 saturated heterocycles. The van der Waals surface area contributed by atoms with Gasteiger partial charge in [-0.2, -0.15) is 0 Å². The van der Waals surface area contributed by atoms with Crippen molar-refractivity contribution >= 4 is 5.97 Å². The van der Waals surface area contributed by atoms with E-state index in [0.717, 1.165) is 16.9 Å². The molecule has 20 heavy (non-hydrogen) atoms. The van der Waals surface area contributed by atoms with Crippen LogP contribution in [0.1, 0.15) is 17.5 Å². The first-order valence-corrected chi connectivity index (χ1v) is 6.45. The summed E-state index contributed by atoms with van der Waals surface area (Å²) >= 11 is 0. The lowest BCUT2D eigenvalue weighted by Crippen LogP contribution is -2.06. The number of aryl methyl sites for hydroxylation is 1. The molecule has 0 spiro atoms. The van der Waals surface area contributed by atoms with Crippen LogP contribution in [-0.4, -0.2) is 18.1 Å². The Morgan fingerprint density at radius 3 is 2.80 bits per heavy atom. The van der Waals surface area contributed by atoms with E-state index in [-0.39, 0.29) is 12.6 Å². The summed E-state index contributed by atoms with van der Waals surface area (Å²) in [5.74, 6) is 0.586. The predicted molar refractivity (Wildman–Crippen MR) is 75.3 cm³/mol. The van der Waals surface area contributed by atoms with E-state index in [0.29, 0.717) is 12.8 Å². The van der Waals surface area contributed by atoms with E-state index in [4.69, 9.17) is 9.47 Å². The number of nitrogens with zero attached hydrogens (tertiary/aromatic N) is 1. The zero-order chi connectivity index (χ0) is 14.2. The summed E-state index contributed by atoms with van der Waals surface area (Å²) in [4.78, 5) is 15.6. The summed E-state index contributed by atoms with van der Waals surface area (Å²) in [7, 11) is 1.63. The van der Waals surface area contributed by atoms with Crippen LogP contribution in [-0.2, 0) is 22.6 Å². The molecule has 0 bridgehead atoms. The molecule has 104 valence electrons. The minimum atomic E-state index is -0.211. The van der Waals surface area contributed by atoms with Gasteiger partial charge in [0.05, 0.1) is 7.11 Å². The van der Waals surface area contributed by atoms with E-state index >= 15 is 0 Å². The second kappa shape index (κ2) is 7.28. The molecule has 0 N–H and O–H groups in total. The van der Waals surface area contributed by atoms with Crippen LogP contribution in [0.5, 0.6) is 5.75 Å². The van der Waals surface area contributed by atoms with Crippen LogP contribution in [0, 0.1) is 0 Å². The highest BCUT2D eigenvalue weighted by Crippen LogP contribution is 2.14. The Labute approximate surface area is 118 Å². The molecule has 2 rings (SSSR count). The van der Waals surface area contributed by atoms with Crippen LogP contribution in [0.25, 0.3) is 0 Å².